The second-order valence-electron chi connectivity index (χ2n) is 10.0. The number of carbonyl (C=O) groups is 1. The van der Waals surface area contributed by atoms with E-state index in [0.29, 0.717) is 23.0 Å². The van der Waals surface area contributed by atoms with Gasteiger partial charge in [-0.1, -0.05) is 12.1 Å². The molecule has 17 heteroatoms. The van der Waals surface area contributed by atoms with Crippen molar-refractivity contribution in [3.63, 3.8) is 0 Å². The van der Waals surface area contributed by atoms with Crippen LogP contribution in [0.4, 0.5) is 17.6 Å². The third-order valence-electron chi connectivity index (χ3n) is 7.19. The molecule has 0 spiro atoms. The van der Waals surface area contributed by atoms with E-state index >= 15 is 0 Å². The van der Waals surface area contributed by atoms with Gasteiger partial charge in [0.1, 0.15) is 16.5 Å². The number of benzene rings is 2. The van der Waals surface area contributed by atoms with Gasteiger partial charge in [-0.05, 0) is 72.7 Å². The molecule has 1 atom stereocenters. The van der Waals surface area contributed by atoms with E-state index < -0.39 is 54.3 Å². The minimum Gasteiger partial charge on any atom is -0.343 e. The van der Waals surface area contributed by atoms with Crippen LogP contribution >= 0.6 is 0 Å². The van der Waals surface area contributed by atoms with Gasteiger partial charge in [0, 0.05) is 25.1 Å². The van der Waals surface area contributed by atoms with Crippen LogP contribution in [-0.2, 0) is 44.7 Å². The first-order chi connectivity index (χ1) is 19.6. The molecule has 228 valence electrons. The molecule has 1 fully saturated rings. The van der Waals surface area contributed by atoms with E-state index in [-0.39, 0.29) is 56.8 Å². The molecule has 1 unspecified atom stereocenters. The quantitative estimate of drug-likeness (QED) is 0.269. The Kier molecular flexibility index (Phi) is 9.32. The number of likely N-dealkylation sites (tertiary alicyclic amines) is 1. The Morgan fingerprint density at radius 3 is 2.36 bits per heavy atom. The Hall–Kier alpha value is -3.44. The zero-order chi connectivity index (χ0) is 30.8. The molecule has 1 aliphatic rings. The number of halogens is 4. The Morgan fingerprint density at radius 2 is 1.81 bits per heavy atom. The van der Waals surface area contributed by atoms with E-state index in [1.165, 1.54) is 15.8 Å². The van der Waals surface area contributed by atoms with Gasteiger partial charge in [0.15, 0.2) is 5.82 Å². The predicted octanol–water partition coefficient (Wildman–Crippen LogP) is 2.36. The second-order valence-corrected chi connectivity index (χ2v) is 12.7. The number of primary sulfonamides is 1. The molecule has 4 rings (SSSR count). The fourth-order valence-corrected chi connectivity index (χ4v) is 6.67. The number of aryl methyl sites for hydroxylation is 2. The van der Waals surface area contributed by atoms with Crippen molar-refractivity contribution in [3.8, 4) is 0 Å². The predicted molar refractivity (Wildman–Crippen MR) is 142 cm³/mol. The number of amides is 1. The van der Waals surface area contributed by atoms with Gasteiger partial charge < -0.3 is 4.90 Å². The topological polar surface area (TPSA) is 158 Å². The number of rotatable bonds is 9. The van der Waals surface area contributed by atoms with Crippen LogP contribution in [0.5, 0.6) is 0 Å². The first-order valence-electron chi connectivity index (χ1n) is 12.8. The van der Waals surface area contributed by atoms with Crippen molar-refractivity contribution in [2.24, 2.45) is 11.1 Å². The average Bonchev–Trinajstić information content (AvgIpc) is 3.32. The second kappa shape index (κ2) is 12.4. The number of nitrogens with two attached hydrogens (primary N) is 1. The molecule has 42 heavy (non-hydrogen) atoms. The molecule has 0 bridgehead atoms. The molecule has 0 aliphatic carbocycles. The van der Waals surface area contributed by atoms with Gasteiger partial charge in [-0.25, -0.2) is 26.4 Å². The van der Waals surface area contributed by atoms with Crippen molar-refractivity contribution >= 4 is 26.6 Å². The maximum atomic E-state index is 14.7. The lowest BCUT2D eigenvalue weighted by Crippen LogP contribution is -2.40. The Bertz CT molecular complexity index is 1640. The molecule has 3 aromatic rings. The first-order valence-corrected chi connectivity index (χ1v) is 15.6. The van der Waals surface area contributed by atoms with E-state index in [1.807, 2.05) is 0 Å². The molecule has 2 N–H and O–H groups in total. The van der Waals surface area contributed by atoms with Gasteiger partial charge in [-0.3, -0.25) is 4.79 Å². The van der Waals surface area contributed by atoms with Crippen LogP contribution in [0, 0.1) is 18.7 Å². The molecule has 1 aliphatic heterocycles. The highest BCUT2D eigenvalue weighted by molar-refractivity contribution is 7.89. The summed E-state index contributed by atoms with van der Waals surface area (Å²) in [7, 11) is -7.32. The number of alkyl halides is 3. The van der Waals surface area contributed by atoms with E-state index in [0.717, 1.165) is 24.3 Å². The number of hydrogen-bond donors (Lipinski definition) is 2. The molecule has 1 saturated heterocycles. The average molecular weight is 633 g/mol. The summed E-state index contributed by atoms with van der Waals surface area (Å²) >= 11 is 0. The summed E-state index contributed by atoms with van der Waals surface area (Å²) in [6.07, 6.45) is -3.91. The maximum Gasteiger partial charge on any atom is 0.416 e. The molecule has 0 radical (unpaired) electrons. The monoisotopic (exact) mass is 632 g/mol. The van der Waals surface area contributed by atoms with Crippen molar-refractivity contribution in [3.05, 3.63) is 70.3 Å². The molecule has 2 aromatic carbocycles. The fourth-order valence-electron chi connectivity index (χ4n) is 5.06. The van der Waals surface area contributed by atoms with Gasteiger partial charge >= 0.3 is 6.18 Å². The summed E-state index contributed by atoms with van der Waals surface area (Å²) in [6.45, 7) is 1.92. The third kappa shape index (κ3) is 7.49. The number of carbonyl (C=O) groups excluding carboxylic acids is 1. The van der Waals surface area contributed by atoms with Gasteiger partial charge in [-0.2, -0.15) is 18.0 Å². The van der Waals surface area contributed by atoms with Crippen molar-refractivity contribution < 1.29 is 39.2 Å². The maximum absolute atomic E-state index is 14.7. The largest absolute Gasteiger partial charge is 0.416 e. The Labute approximate surface area is 240 Å². The summed E-state index contributed by atoms with van der Waals surface area (Å²) in [6, 6.07) is 6.11. The number of thiol groups is 1. The fraction of sp³-hybridized carbons (Fsp3) is 0.440. The summed E-state index contributed by atoms with van der Waals surface area (Å²) < 4.78 is 102. The summed E-state index contributed by atoms with van der Waals surface area (Å²) in [5.74, 6) is -1.44. The van der Waals surface area contributed by atoms with Crippen LogP contribution in [0.1, 0.15) is 52.6 Å². The number of piperidine rings is 1. The molecule has 2 heterocycles. The Balaban J connectivity index is 1.42. The van der Waals surface area contributed by atoms with Crippen molar-refractivity contribution in [2.45, 2.75) is 55.5 Å². The minimum absolute atomic E-state index is 0.00422. The molecular formula is C25H28F4N6O5S2. The highest BCUT2D eigenvalue weighted by Gasteiger charge is 2.34. The van der Waals surface area contributed by atoms with Crippen LogP contribution < -0.4 is 5.14 Å². The van der Waals surface area contributed by atoms with E-state index in [9.17, 15) is 39.2 Å². The van der Waals surface area contributed by atoms with E-state index in [2.05, 4.69) is 15.4 Å². The van der Waals surface area contributed by atoms with Crippen LogP contribution in [0.3, 0.4) is 0 Å². The number of nitrogens with zero attached hydrogens (tertiary/aromatic N) is 5. The van der Waals surface area contributed by atoms with Crippen molar-refractivity contribution in [1.29, 1.82) is 0 Å². The van der Waals surface area contributed by atoms with Gasteiger partial charge in [-0.15, -0.1) is 10.2 Å². The Morgan fingerprint density at radius 1 is 1.12 bits per heavy atom. The van der Waals surface area contributed by atoms with Gasteiger partial charge in [0.05, 0.1) is 22.3 Å². The SMILES string of the molecule is Cc1nnn(Cc2cc(C(F)(F)F)ccc2CCC(=O)N2CCC(C(c3ccc(S(N)(=O)=O)cc3F)[SH](=O)=O)CC2)n1. The van der Waals surface area contributed by atoms with Crippen LogP contribution in [0.15, 0.2) is 41.3 Å². The van der Waals surface area contributed by atoms with Crippen LogP contribution in [0.25, 0.3) is 0 Å². The highest BCUT2D eigenvalue weighted by atomic mass is 32.2. The summed E-state index contributed by atoms with van der Waals surface area (Å²) in [5.41, 5.74) is -0.196. The zero-order valence-corrected chi connectivity index (χ0v) is 24.0. The molecule has 11 nitrogen and oxygen atoms in total. The third-order valence-corrected chi connectivity index (χ3v) is 9.26. The molecule has 0 saturated carbocycles. The normalized spacial score (nSPS) is 15.7. The first kappa shape index (κ1) is 31.5. The highest BCUT2D eigenvalue weighted by Crippen LogP contribution is 2.36. The van der Waals surface area contributed by atoms with Crippen LogP contribution in [-0.4, -0.2) is 60.9 Å². The lowest BCUT2D eigenvalue weighted by atomic mass is 9.89. The number of tetrazole rings is 1. The minimum atomic E-state index is -4.56. The number of aromatic nitrogens is 4. The lowest BCUT2D eigenvalue weighted by molar-refractivity contribution is -0.137. The number of sulfonamides is 1. The summed E-state index contributed by atoms with van der Waals surface area (Å²) in [4.78, 5) is 15.2. The standard InChI is InChI=1S/C25H28F4N6O5S2/c1-15-31-33-35(32-15)14-18-12-19(25(27,28)29)4-2-16(18)3-7-23(36)34-10-8-17(9-11-34)24(41(37)38)21-6-5-20(13-22(21)26)42(30,39)40/h2,4-6,12-13,17,24,41H,3,7-11,14H2,1H3,(H2,30,39,40). The van der Waals surface area contributed by atoms with E-state index in [1.54, 1.807) is 6.92 Å². The molecule has 1 aromatic heterocycles. The molecular weight excluding hydrogens is 604 g/mol. The number of hydrogen-bond acceptors (Lipinski definition) is 8. The van der Waals surface area contributed by atoms with Crippen molar-refractivity contribution in [1.82, 2.24) is 25.1 Å². The smallest absolute Gasteiger partial charge is 0.343 e. The molecule has 1 amide bonds. The summed E-state index contributed by atoms with van der Waals surface area (Å²) in [5, 5.41) is 15.4. The van der Waals surface area contributed by atoms with Gasteiger partial charge in [0.2, 0.25) is 15.9 Å². The van der Waals surface area contributed by atoms with Gasteiger partial charge in [0.25, 0.3) is 0 Å². The zero-order valence-electron chi connectivity index (χ0n) is 22.3. The van der Waals surface area contributed by atoms with Crippen molar-refractivity contribution in [2.75, 3.05) is 13.1 Å². The van der Waals surface area contributed by atoms with Crippen LogP contribution in [0.2, 0.25) is 0 Å². The lowest BCUT2D eigenvalue weighted by Gasteiger charge is -2.34. The van der Waals surface area contributed by atoms with E-state index in [4.69, 9.17) is 5.14 Å².